The molecule has 2 heterocycles. The number of pyridine rings is 1. The number of carbonyl (C=O) groups excluding carboxylic acids is 1. The van der Waals surface area contributed by atoms with Crippen LogP contribution in [0, 0.1) is 6.92 Å². The van der Waals surface area contributed by atoms with Crippen molar-refractivity contribution in [2.75, 3.05) is 22.9 Å². The van der Waals surface area contributed by atoms with Crippen molar-refractivity contribution in [2.45, 2.75) is 19.9 Å². The van der Waals surface area contributed by atoms with Gasteiger partial charge >= 0.3 is 0 Å². The summed E-state index contributed by atoms with van der Waals surface area (Å²) >= 11 is 0. The monoisotopic (exact) mass is 357 g/mol. The van der Waals surface area contributed by atoms with Crippen molar-refractivity contribution in [3.63, 3.8) is 0 Å². The third-order valence-corrected chi connectivity index (χ3v) is 4.94. The maximum absolute atomic E-state index is 12.9. The van der Waals surface area contributed by atoms with Crippen molar-refractivity contribution < 1.29 is 4.79 Å². The zero-order chi connectivity index (χ0) is 18.6. The number of amides is 1. The van der Waals surface area contributed by atoms with Crippen LogP contribution in [0.1, 0.15) is 16.7 Å². The Morgan fingerprint density at radius 1 is 0.926 bits per heavy atom. The minimum atomic E-state index is 0.116. The van der Waals surface area contributed by atoms with Crippen LogP contribution < -0.4 is 9.80 Å². The van der Waals surface area contributed by atoms with E-state index in [-0.39, 0.29) is 5.91 Å². The Bertz CT molecular complexity index is 922. The summed E-state index contributed by atoms with van der Waals surface area (Å²) in [5.41, 5.74) is 4.45. The average Bonchev–Trinajstić information content (AvgIpc) is 2.70. The first-order valence-corrected chi connectivity index (χ1v) is 9.30. The molecule has 3 aromatic rings. The lowest BCUT2D eigenvalue weighted by Crippen LogP contribution is -2.44. The summed E-state index contributed by atoms with van der Waals surface area (Å²) < 4.78 is 0. The Labute approximate surface area is 160 Å². The molecule has 0 atom stereocenters. The topological polar surface area (TPSA) is 36.4 Å². The summed E-state index contributed by atoms with van der Waals surface area (Å²) in [4.78, 5) is 21.6. The van der Waals surface area contributed by atoms with Gasteiger partial charge in [-0.05, 0) is 30.2 Å². The van der Waals surface area contributed by atoms with Crippen LogP contribution in [-0.2, 0) is 17.8 Å². The Morgan fingerprint density at radius 2 is 1.70 bits per heavy atom. The molecule has 136 valence electrons. The molecular weight excluding hydrogens is 334 g/mol. The molecule has 0 radical (unpaired) electrons. The second-order valence-corrected chi connectivity index (χ2v) is 6.96. The second kappa shape index (κ2) is 7.62. The Balaban J connectivity index is 1.55. The molecule has 1 aliphatic heterocycles. The van der Waals surface area contributed by atoms with Crippen molar-refractivity contribution in [3.8, 4) is 0 Å². The van der Waals surface area contributed by atoms with E-state index in [2.05, 4.69) is 41.1 Å². The molecular formula is C23H23N3O. The smallest absolute Gasteiger partial charge is 0.231 e. The second-order valence-electron chi connectivity index (χ2n) is 6.96. The number of carbonyl (C=O) groups is 1. The first kappa shape index (κ1) is 17.3. The third kappa shape index (κ3) is 3.85. The van der Waals surface area contributed by atoms with Crippen LogP contribution in [0.15, 0.2) is 72.9 Å². The highest BCUT2D eigenvalue weighted by Crippen LogP contribution is 2.32. The van der Waals surface area contributed by atoms with Gasteiger partial charge < -0.3 is 9.80 Å². The fraction of sp³-hybridized carbons (Fsp3) is 0.217. The van der Waals surface area contributed by atoms with Crippen molar-refractivity contribution in [2.24, 2.45) is 0 Å². The molecule has 4 rings (SSSR count). The largest absolute Gasteiger partial charge is 0.349 e. The Morgan fingerprint density at radius 3 is 2.48 bits per heavy atom. The number of anilines is 2. The predicted octanol–water partition coefficient (Wildman–Crippen LogP) is 3.99. The van der Waals surface area contributed by atoms with Gasteiger partial charge in [0.1, 0.15) is 0 Å². The van der Waals surface area contributed by atoms with Gasteiger partial charge in [-0.15, -0.1) is 0 Å². The molecule has 4 nitrogen and oxygen atoms in total. The zero-order valence-electron chi connectivity index (χ0n) is 15.5. The molecule has 0 saturated heterocycles. The summed E-state index contributed by atoms with van der Waals surface area (Å²) in [6.07, 6.45) is 2.21. The molecule has 0 fully saturated rings. The van der Waals surface area contributed by atoms with Crippen LogP contribution >= 0.6 is 0 Å². The van der Waals surface area contributed by atoms with Crippen molar-refractivity contribution >= 4 is 17.4 Å². The molecule has 0 N–H and O–H groups in total. The molecule has 0 saturated carbocycles. The van der Waals surface area contributed by atoms with E-state index in [4.69, 9.17) is 0 Å². The normalized spacial score (nSPS) is 13.4. The van der Waals surface area contributed by atoms with Crippen LogP contribution in [0.2, 0.25) is 0 Å². The summed E-state index contributed by atoms with van der Waals surface area (Å²) in [6.45, 7) is 4.34. The van der Waals surface area contributed by atoms with Crippen LogP contribution in [0.3, 0.4) is 0 Å². The zero-order valence-corrected chi connectivity index (χ0v) is 15.5. The Hall–Kier alpha value is -3.14. The van der Waals surface area contributed by atoms with E-state index < -0.39 is 0 Å². The van der Waals surface area contributed by atoms with Gasteiger partial charge in [0.15, 0.2) is 5.82 Å². The third-order valence-electron chi connectivity index (χ3n) is 4.94. The number of rotatable bonds is 4. The fourth-order valence-corrected chi connectivity index (χ4v) is 3.48. The summed E-state index contributed by atoms with van der Waals surface area (Å²) in [5, 5.41) is 0. The number of nitrogens with zero attached hydrogens (tertiary/aromatic N) is 3. The molecule has 27 heavy (non-hydrogen) atoms. The fourth-order valence-electron chi connectivity index (χ4n) is 3.48. The van der Waals surface area contributed by atoms with Crippen molar-refractivity contribution in [1.29, 1.82) is 0 Å². The van der Waals surface area contributed by atoms with E-state index in [1.165, 1.54) is 11.1 Å². The van der Waals surface area contributed by atoms with Gasteiger partial charge in [-0.2, -0.15) is 0 Å². The lowest BCUT2D eigenvalue weighted by Gasteiger charge is -2.36. The molecule has 4 heteroatoms. The van der Waals surface area contributed by atoms with Crippen LogP contribution in [0.25, 0.3) is 0 Å². The van der Waals surface area contributed by atoms with Gasteiger partial charge in [-0.3, -0.25) is 4.79 Å². The molecule has 1 amide bonds. The van der Waals surface area contributed by atoms with E-state index in [1.807, 2.05) is 47.4 Å². The van der Waals surface area contributed by atoms with Crippen LogP contribution in [-0.4, -0.2) is 24.0 Å². The maximum Gasteiger partial charge on any atom is 0.231 e. The molecule has 0 unspecified atom stereocenters. The quantitative estimate of drug-likeness (QED) is 0.708. The van der Waals surface area contributed by atoms with Gasteiger partial charge in [0.2, 0.25) is 5.91 Å². The van der Waals surface area contributed by atoms with E-state index in [9.17, 15) is 4.79 Å². The first-order valence-electron chi connectivity index (χ1n) is 9.30. The number of hydrogen-bond donors (Lipinski definition) is 0. The molecule has 2 aromatic carbocycles. The van der Waals surface area contributed by atoms with Gasteiger partial charge in [0.05, 0.1) is 12.1 Å². The van der Waals surface area contributed by atoms with Crippen LogP contribution in [0.5, 0.6) is 0 Å². The van der Waals surface area contributed by atoms with Crippen molar-refractivity contribution in [3.05, 3.63) is 89.6 Å². The first-order chi connectivity index (χ1) is 13.2. The van der Waals surface area contributed by atoms with Gasteiger partial charge in [-0.25, -0.2) is 4.98 Å². The molecule has 1 aromatic heterocycles. The van der Waals surface area contributed by atoms with E-state index in [0.29, 0.717) is 13.0 Å². The highest BCUT2D eigenvalue weighted by atomic mass is 16.2. The molecule has 1 aliphatic rings. The average molecular weight is 357 g/mol. The van der Waals surface area contributed by atoms with Crippen LogP contribution in [0.4, 0.5) is 11.5 Å². The molecule has 0 spiro atoms. The molecule has 0 bridgehead atoms. The summed E-state index contributed by atoms with van der Waals surface area (Å²) in [7, 11) is 0. The lowest BCUT2D eigenvalue weighted by atomic mass is 10.1. The summed E-state index contributed by atoms with van der Waals surface area (Å²) in [6, 6.07) is 22.4. The predicted molar refractivity (Wildman–Crippen MR) is 109 cm³/mol. The summed E-state index contributed by atoms with van der Waals surface area (Å²) in [5.74, 6) is 0.996. The maximum atomic E-state index is 12.9. The standard InChI is InChI=1S/C23H23N3O/c1-18-9-11-20(12-10-18)17-25-14-15-26(21-8-5-13-24-23(21)25)22(27)16-19-6-3-2-4-7-19/h2-13H,14-17H2,1H3. The molecule has 0 aliphatic carbocycles. The number of benzene rings is 2. The minimum absolute atomic E-state index is 0.116. The number of aromatic nitrogens is 1. The van der Waals surface area contributed by atoms with Crippen molar-refractivity contribution in [1.82, 2.24) is 4.98 Å². The highest BCUT2D eigenvalue weighted by Gasteiger charge is 2.27. The van der Waals surface area contributed by atoms with Gasteiger partial charge in [0, 0.05) is 25.8 Å². The van der Waals surface area contributed by atoms with E-state index >= 15 is 0 Å². The highest BCUT2D eigenvalue weighted by molar-refractivity contribution is 5.98. The van der Waals surface area contributed by atoms with Gasteiger partial charge in [0.25, 0.3) is 0 Å². The minimum Gasteiger partial charge on any atom is -0.349 e. The van der Waals surface area contributed by atoms with Gasteiger partial charge in [-0.1, -0.05) is 60.2 Å². The number of aryl methyl sites for hydroxylation is 1. The lowest BCUT2D eigenvalue weighted by molar-refractivity contribution is -0.118. The SMILES string of the molecule is Cc1ccc(CN2CCN(C(=O)Cc3ccccc3)c3cccnc32)cc1. The number of fused-ring (bicyclic) bond motifs is 1. The Kier molecular flexibility index (Phi) is 4.88. The number of hydrogen-bond acceptors (Lipinski definition) is 3. The van der Waals surface area contributed by atoms with E-state index in [1.54, 1.807) is 6.20 Å². The van der Waals surface area contributed by atoms with E-state index in [0.717, 1.165) is 30.2 Å².